The summed E-state index contributed by atoms with van der Waals surface area (Å²) < 4.78 is 5.45. The molecule has 6 nitrogen and oxygen atoms in total. The highest BCUT2D eigenvalue weighted by molar-refractivity contribution is 5.73. The lowest BCUT2D eigenvalue weighted by Crippen LogP contribution is -2.51. The van der Waals surface area contributed by atoms with Gasteiger partial charge in [0.25, 0.3) is 0 Å². The van der Waals surface area contributed by atoms with Crippen LogP contribution in [0.15, 0.2) is 0 Å². The van der Waals surface area contributed by atoms with Crippen LogP contribution in [0.2, 0.25) is 0 Å². The van der Waals surface area contributed by atoms with Crippen molar-refractivity contribution in [3.63, 3.8) is 0 Å². The van der Waals surface area contributed by atoms with Crippen LogP contribution >= 0.6 is 0 Å². The van der Waals surface area contributed by atoms with Crippen LogP contribution in [-0.4, -0.2) is 34.4 Å². The molecule has 0 bridgehead atoms. The number of fused-ring (bicyclic) bond motifs is 1. The lowest BCUT2D eigenvalue weighted by atomic mass is 9.82. The second-order valence-corrected chi connectivity index (χ2v) is 7.30. The molecule has 0 aromatic heterocycles. The van der Waals surface area contributed by atoms with E-state index in [1.807, 2.05) is 13.8 Å². The topological polar surface area (TPSA) is 82.1 Å². The van der Waals surface area contributed by atoms with Crippen molar-refractivity contribution in [1.82, 2.24) is 0 Å². The van der Waals surface area contributed by atoms with Gasteiger partial charge in [-0.05, 0) is 26.7 Å². The molecular formula is C17H28O6. The maximum absolute atomic E-state index is 11.5. The predicted molar refractivity (Wildman–Crippen MR) is 82.7 cm³/mol. The monoisotopic (exact) mass is 328 g/mol. The number of ether oxygens (including phenoxy) is 1. The summed E-state index contributed by atoms with van der Waals surface area (Å²) in [4.78, 5) is 32.9. The third-order valence-corrected chi connectivity index (χ3v) is 4.82. The zero-order valence-electron chi connectivity index (χ0n) is 14.1. The van der Waals surface area contributed by atoms with E-state index >= 15 is 0 Å². The van der Waals surface area contributed by atoms with Gasteiger partial charge in [0.2, 0.25) is 0 Å². The molecule has 0 saturated carbocycles. The maximum atomic E-state index is 11.5. The van der Waals surface area contributed by atoms with Crippen molar-refractivity contribution in [2.75, 3.05) is 0 Å². The van der Waals surface area contributed by atoms with Crippen molar-refractivity contribution in [2.45, 2.75) is 95.4 Å². The minimum atomic E-state index is -0.716. The number of carboxylic acid groups (broad SMARTS) is 1. The van der Waals surface area contributed by atoms with Gasteiger partial charge in [0.15, 0.2) is 0 Å². The zero-order valence-corrected chi connectivity index (χ0v) is 14.1. The Morgan fingerprint density at radius 2 is 1.83 bits per heavy atom. The molecular weight excluding hydrogens is 300 g/mol. The second-order valence-electron chi connectivity index (χ2n) is 7.30. The summed E-state index contributed by atoms with van der Waals surface area (Å²) >= 11 is 0. The normalized spacial score (nSPS) is 33.3. The summed E-state index contributed by atoms with van der Waals surface area (Å²) in [7, 11) is 0. The lowest BCUT2D eigenvalue weighted by molar-refractivity contribution is -0.428. The Kier molecular flexibility index (Phi) is 6.03. The average molecular weight is 328 g/mol. The predicted octanol–water partition coefficient (Wildman–Crippen LogP) is 3.38. The number of carbonyl (C=O) groups is 2. The highest BCUT2D eigenvalue weighted by atomic mass is 17.2. The first-order chi connectivity index (χ1) is 10.8. The van der Waals surface area contributed by atoms with E-state index in [9.17, 15) is 9.59 Å². The van der Waals surface area contributed by atoms with Crippen molar-refractivity contribution in [1.29, 1.82) is 0 Å². The van der Waals surface area contributed by atoms with Gasteiger partial charge >= 0.3 is 11.9 Å². The largest absolute Gasteiger partial charge is 0.481 e. The van der Waals surface area contributed by atoms with E-state index in [0.29, 0.717) is 6.42 Å². The van der Waals surface area contributed by atoms with Gasteiger partial charge in [-0.15, -0.1) is 0 Å². The lowest BCUT2D eigenvalue weighted by Gasteiger charge is -2.43. The van der Waals surface area contributed by atoms with Crippen LogP contribution in [0.5, 0.6) is 0 Å². The number of carboxylic acids is 1. The zero-order chi connectivity index (χ0) is 16.9. The molecule has 0 amide bonds. The summed E-state index contributed by atoms with van der Waals surface area (Å²) in [5.41, 5.74) is -0.986. The Morgan fingerprint density at radius 3 is 2.52 bits per heavy atom. The summed E-state index contributed by atoms with van der Waals surface area (Å²) in [5.74, 6) is -0.932. The van der Waals surface area contributed by atoms with Crippen molar-refractivity contribution in [3.05, 3.63) is 0 Å². The molecule has 3 atom stereocenters. The fraction of sp³-hybridized carbons (Fsp3) is 0.882. The third-order valence-electron chi connectivity index (χ3n) is 4.82. The van der Waals surface area contributed by atoms with Gasteiger partial charge in [-0.2, -0.15) is 0 Å². The highest BCUT2D eigenvalue weighted by Gasteiger charge is 2.55. The van der Waals surface area contributed by atoms with E-state index in [0.717, 1.165) is 44.9 Å². The van der Waals surface area contributed by atoms with Gasteiger partial charge in [0.1, 0.15) is 17.3 Å². The molecule has 0 aromatic rings. The minimum absolute atomic E-state index is 0.216. The molecule has 132 valence electrons. The first kappa shape index (κ1) is 18.2. The molecule has 2 fully saturated rings. The average Bonchev–Trinajstić information content (AvgIpc) is 2.74. The van der Waals surface area contributed by atoms with Crippen LogP contribution in [0.1, 0.15) is 78.1 Å². The van der Waals surface area contributed by atoms with Gasteiger partial charge in [-0.25, -0.2) is 9.78 Å². The van der Waals surface area contributed by atoms with Gasteiger partial charge in [-0.1, -0.05) is 32.1 Å². The van der Waals surface area contributed by atoms with Crippen LogP contribution in [0.25, 0.3) is 0 Å². The Morgan fingerprint density at radius 1 is 1.17 bits per heavy atom. The molecule has 6 heteroatoms. The third kappa shape index (κ3) is 5.18. The Hall–Kier alpha value is -1.14. The van der Waals surface area contributed by atoms with Gasteiger partial charge < -0.3 is 9.84 Å². The molecule has 1 N–H and O–H groups in total. The molecule has 0 spiro atoms. The molecule has 2 aliphatic rings. The summed E-state index contributed by atoms with van der Waals surface area (Å²) in [5, 5.41) is 8.57. The van der Waals surface area contributed by atoms with Crippen molar-refractivity contribution < 1.29 is 29.2 Å². The Labute approximate surface area is 137 Å². The number of esters is 1. The molecule has 2 heterocycles. The number of unbranched alkanes of at least 4 members (excludes halogenated alkanes) is 5. The SMILES string of the molecule is CC12C[C@](C)(CCCCCCCCC(=O)O)OOC1CC(=O)O2. The minimum Gasteiger partial charge on any atom is -0.481 e. The Bertz CT molecular complexity index is 437. The van der Waals surface area contributed by atoms with Crippen LogP contribution in [0.4, 0.5) is 0 Å². The standard InChI is InChI=1S/C17H28O6/c1-16(10-8-6-4-3-5-7-9-14(18)19)12-17(2)13(22-23-16)11-15(20)21-17/h13H,3-12H2,1-2H3,(H,18,19)/t13?,16-,17?/m0/s1. The number of rotatable bonds is 9. The summed E-state index contributed by atoms with van der Waals surface area (Å²) in [6, 6.07) is 0. The quantitative estimate of drug-likeness (QED) is 0.397. The van der Waals surface area contributed by atoms with Crippen LogP contribution in [0.3, 0.4) is 0 Å². The van der Waals surface area contributed by atoms with Crippen molar-refractivity contribution >= 4 is 11.9 Å². The molecule has 0 aliphatic carbocycles. The first-order valence-corrected chi connectivity index (χ1v) is 8.61. The van der Waals surface area contributed by atoms with E-state index in [4.69, 9.17) is 19.6 Å². The number of aliphatic carboxylic acids is 1. The molecule has 0 aromatic carbocycles. The smallest absolute Gasteiger partial charge is 0.309 e. The molecule has 2 aliphatic heterocycles. The van der Waals surface area contributed by atoms with E-state index in [-0.39, 0.29) is 24.9 Å². The van der Waals surface area contributed by atoms with E-state index < -0.39 is 17.2 Å². The van der Waals surface area contributed by atoms with E-state index in [1.54, 1.807) is 0 Å². The number of hydrogen-bond donors (Lipinski definition) is 1. The molecule has 2 saturated heterocycles. The molecule has 2 rings (SSSR count). The summed E-state index contributed by atoms with van der Waals surface area (Å²) in [6.07, 6.45) is 7.77. The fourth-order valence-electron chi connectivity index (χ4n) is 3.58. The van der Waals surface area contributed by atoms with Crippen LogP contribution in [0, 0.1) is 0 Å². The second kappa shape index (κ2) is 7.62. The Balaban J connectivity index is 1.62. The van der Waals surface area contributed by atoms with Crippen LogP contribution < -0.4 is 0 Å². The molecule has 2 unspecified atom stereocenters. The fourth-order valence-corrected chi connectivity index (χ4v) is 3.58. The van der Waals surface area contributed by atoms with Gasteiger partial charge in [0.05, 0.1) is 6.42 Å². The number of hydrogen-bond acceptors (Lipinski definition) is 5. The van der Waals surface area contributed by atoms with Gasteiger partial charge in [-0.3, -0.25) is 9.59 Å². The maximum Gasteiger partial charge on any atom is 0.309 e. The van der Waals surface area contributed by atoms with Gasteiger partial charge in [0, 0.05) is 12.8 Å². The number of carbonyl (C=O) groups excluding carboxylic acids is 1. The molecule has 0 radical (unpaired) electrons. The van der Waals surface area contributed by atoms with Crippen LogP contribution in [-0.2, 0) is 24.1 Å². The first-order valence-electron chi connectivity index (χ1n) is 8.61. The van der Waals surface area contributed by atoms with E-state index in [2.05, 4.69) is 0 Å². The molecule has 23 heavy (non-hydrogen) atoms. The van der Waals surface area contributed by atoms with Crippen molar-refractivity contribution in [3.8, 4) is 0 Å². The van der Waals surface area contributed by atoms with E-state index in [1.165, 1.54) is 0 Å². The van der Waals surface area contributed by atoms with Crippen molar-refractivity contribution in [2.24, 2.45) is 0 Å². The highest BCUT2D eigenvalue weighted by Crippen LogP contribution is 2.44. The summed E-state index contributed by atoms with van der Waals surface area (Å²) in [6.45, 7) is 3.93.